The Balaban J connectivity index is 1.73. The van der Waals surface area contributed by atoms with E-state index in [2.05, 4.69) is 10.0 Å². The number of anilines is 2. The number of amides is 1. The third-order valence-corrected chi connectivity index (χ3v) is 5.71. The zero-order valence-corrected chi connectivity index (χ0v) is 16.6. The molecule has 2 N–H and O–H groups in total. The second-order valence-electron chi connectivity index (χ2n) is 6.14. The van der Waals surface area contributed by atoms with Gasteiger partial charge in [0.2, 0.25) is 0 Å². The average Bonchev–Trinajstić information content (AvgIpc) is 2.69. The highest BCUT2D eigenvalue weighted by Crippen LogP contribution is 2.36. The number of nitrogens with one attached hydrogen (secondary N) is 2. The van der Waals surface area contributed by atoms with Gasteiger partial charge in [-0.25, -0.2) is 8.42 Å². The maximum absolute atomic E-state index is 12.9. The summed E-state index contributed by atoms with van der Waals surface area (Å²) >= 11 is 5.56. The molecule has 0 radical (unpaired) electrons. The van der Waals surface area contributed by atoms with E-state index >= 15 is 0 Å². The van der Waals surface area contributed by atoms with Crippen molar-refractivity contribution < 1.29 is 26.4 Å². The van der Waals surface area contributed by atoms with Crippen LogP contribution in [-0.4, -0.2) is 14.3 Å². The molecule has 0 unspecified atom stereocenters. The van der Waals surface area contributed by atoms with Crippen molar-refractivity contribution in [1.29, 1.82) is 0 Å². The minimum absolute atomic E-state index is 0.0782. The second-order valence-corrected chi connectivity index (χ2v) is 8.23. The van der Waals surface area contributed by atoms with Gasteiger partial charge in [0.1, 0.15) is 0 Å². The monoisotopic (exact) mass is 454 g/mol. The third-order valence-electron chi connectivity index (χ3n) is 3.98. The molecule has 30 heavy (non-hydrogen) atoms. The summed E-state index contributed by atoms with van der Waals surface area (Å²) in [6.07, 6.45) is -4.66. The largest absolute Gasteiger partial charge is 0.417 e. The topological polar surface area (TPSA) is 75.3 Å². The van der Waals surface area contributed by atoms with E-state index < -0.39 is 32.7 Å². The lowest BCUT2D eigenvalue weighted by Gasteiger charge is -2.12. The summed E-state index contributed by atoms with van der Waals surface area (Å²) in [7, 11) is -3.79. The molecule has 3 rings (SSSR count). The fourth-order valence-corrected chi connectivity index (χ4v) is 3.83. The Bertz CT molecular complexity index is 1170. The van der Waals surface area contributed by atoms with E-state index in [0.717, 1.165) is 12.1 Å². The number of rotatable bonds is 5. The van der Waals surface area contributed by atoms with Crippen molar-refractivity contribution in [3.63, 3.8) is 0 Å². The number of sulfonamides is 1. The molecule has 0 saturated heterocycles. The fourth-order valence-electron chi connectivity index (χ4n) is 2.53. The van der Waals surface area contributed by atoms with Crippen LogP contribution in [-0.2, 0) is 16.2 Å². The molecule has 0 saturated carbocycles. The number of hydrogen-bond acceptors (Lipinski definition) is 3. The van der Waals surface area contributed by atoms with Crippen LogP contribution in [0.2, 0.25) is 5.02 Å². The van der Waals surface area contributed by atoms with Gasteiger partial charge in [-0.1, -0.05) is 29.8 Å². The molecule has 0 fully saturated rings. The van der Waals surface area contributed by atoms with Gasteiger partial charge >= 0.3 is 6.18 Å². The van der Waals surface area contributed by atoms with Crippen molar-refractivity contribution in [2.45, 2.75) is 11.1 Å². The molecular formula is C20H14ClF3N2O3S. The van der Waals surface area contributed by atoms with Gasteiger partial charge in [0.05, 0.1) is 15.5 Å². The van der Waals surface area contributed by atoms with Crippen LogP contribution in [0.4, 0.5) is 24.5 Å². The first-order valence-corrected chi connectivity index (χ1v) is 10.3. The minimum Gasteiger partial charge on any atom is -0.322 e. The van der Waals surface area contributed by atoms with Gasteiger partial charge in [-0.15, -0.1) is 0 Å². The van der Waals surface area contributed by atoms with E-state index in [9.17, 15) is 26.4 Å². The van der Waals surface area contributed by atoms with E-state index in [0.29, 0.717) is 0 Å². The highest BCUT2D eigenvalue weighted by molar-refractivity contribution is 7.92. The molecule has 156 valence electrons. The summed E-state index contributed by atoms with van der Waals surface area (Å²) in [5.41, 5.74) is -0.791. The summed E-state index contributed by atoms with van der Waals surface area (Å²) in [4.78, 5) is 12.4. The molecule has 3 aromatic rings. The summed E-state index contributed by atoms with van der Waals surface area (Å²) in [5, 5.41) is 1.88. The molecule has 0 aliphatic heterocycles. The smallest absolute Gasteiger partial charge is 0.322 e. The van der Waals surface area contributed by atoms with Gasteiger partial charge in [0, 0.05) is 16.9 Å². The Labute approximate surface area is 175 Å². The van der Waals surface area contributed by atoms with Crippen LogP contribution in [0.15, 0.2) is 77.7 Å². The predicted octanol–water partition coefficient (Wildman–Crippen LogP) is 5.41. The molecule has 0 atom stereocenters. The second kappa shape index (κ2) is 8.37. The molecule has 0 aliphatic carbocycles. The average molecular weight is 455 g/mol. The van der Waals surface area contributed by atoms with Crippen molar-refractivity contribution >= 4 is 38.9 Å². The van der Waals surface area contributed by atoms with E-state index in [-0.39, 0.29) is 21.8 Å². The molecule has 3 aromatic carbocycles. The molecule has 0 heterocycles. The van der Waals surface area contributed by atoms with Crippen LogP contribution >= 0.6 is 11.6 Å². The number of halogens is 4. The van der Waals surface area contributed by atoms with E-state index in [1.165, 1.54) is 42.5 Å². The predicted molar refractivity (Wildman–Crippen MR) is 108 cm³/mol. The van der Waals surface area contributed by atoms with Gasteiger partial charge in [0.25, 0.3) is 15.9 Å². The van der Waals surface area contributed by atoms with Gasteiger partial charge < -0.3 is 5.32 Å². The zero-order chi connectivity index (χ0) is 21.9. The van der Waals surface area contributed by atoms with Crippen LogP contribution in [0.5, 0.6) is 0 Å². The lowest BCUT2D eigenvalue weighted by Crippen LogP contribution is -2.15. The SMILES string of the molecule is O=C(Nc1ccc(Cl)c(C(F)(F)F)c1)c1ccc(NS(=O)(=O)c2ccccc2)cc1. The molecule has 0 aromatic heterocycles. The zero-order valence-electron chi connectivity index (χ0n) is 15.1. The fraction of sp³-hybridized carbons (Fsp3) is 0.0500. The molecule has 5 nitrogen and oxygen atoms in total. The van der Waals surface area contributed by atoms with E-state index in [1.54, 1.807) is 18.2 Å². The van der Waals surface area contributed by atoms with Crippen molar-refractivity contribution in [3.8, 4) is 0 Å². The normalized spacial score (nSPS) is 11.7. The van der Waals surface area contributed by atoms with Crippen LogP contribution in [0.1, 0.15) is 15.9 Å². The lowest BCUT2D eigenvalue weighted by atomic mass is 10.1. The Hall–Kier alpha value is -3.04. The number of alkyl halides is 3. The van der Waals surface area contributed by atoms with E-state index in [4.69, 9.17) is 11.6 Å². The van der Waals surface area contributed by atoms with Gasteiger partial charge in [0.15, 0.2) is 0 Å². The quantitative estimate of drug-likeness (QED) is 0.541. The molecule has 10 heteroatoms. The Morgan fingerprint density at radius 3 is 2.07 bits per heavy atom. The number of benzene rings is 3. The van der Waals surface area contributed by atoms with Gasteiger partial charge in [-0.3, -0.25) is 9.52 Å². The number of hydrogen-bond donors (Lipinski definition) is 2. The van der Waals surface area contributed by atoms with Crippen LogP contribution < -0.4 is 10.0 Å². The van der Waals surface area contributed by atoms with Crippen molar-refractivity contribution in [2.24, 2.45) is 0 Å². The molecule has 0 aliphatic rings. The molecule has 1 amide bonds. The lowest BCUT2D eigenvalue weighted by molar-refractivity contribution is -0.137. The molecular weight excluding hydrogens is 441 g/mol. The standard InChI is InChI=1S/C20H14ClF3N2O3S/c21-18-11-10-15(12-17(18)20(22,23)24)25-19(27)13-6-8-14(9-7-13)26-30(28,29)16-4-2-1-3-5-16/h1-12,26H,(H,25,27). The first kappa shape index (κ1) is 21.7. The van der Waals surface area contributed by atoms with E-state index in [1.807, 2.05) is 0 Å². The van der Waals surface area contributed by atoms with Crippen LogP contribution in [0.25, 0.3) is 0 Å². The van der Waals surface area contributed by atoms with Crippen LogP contribution in [0.3, 0.4) is 0 Å². The summed E-state index contributed by atoms with van der Waals surface area (Å²) < 4.78 is 65.8. The first-order valence-electron chi connectivity index (χ1n) is 8.42. The maximum atomic E-state index is 12.9. The molecule has 0 bridgehead atoms. The van der Waals surface area contributed by atoms with Crippen LogP contribution in [0, 0.1) is 0 Å². The maximum Gasteiger partial charge on any atom is 0.417 e. The van der Waals surface area contributed by atoms with Crippen molar-refractivity contribution in [1.82, 2.24) is 0 Å². The highest BCUT2D eigenvalue weighted by atomic mass is 35.5. The Kier molecular flexibility index (Phi) is 6.04. The van der Waals surface area contributed by atoms with Crippen molar-refractivity contribution in [3.05, 3.63) is 88.9 Å². The number of carbonyl (C=O) groups is 1. The number of carbonyl (C=O) groups excluding carboxylic acids is 1. The molecule has 0 spiro atoms. The third kappa shape index (κ3) is 5.11. The highest BCUT2D eigenvalue weighted by Gasteiger charge is 2.33. The van der Waals surface area contributed by atoms with Gasteiger partial charge in [-0.05, 0) is 54.6 Å². The first-order chi connectivity index (χ1) is 14.1. The Morgan fingerprint density at radius 2 is 1.47 bits per heavy atom. The Morgan fingerprint density at radius 1 is 0.867 bits per heavy atom. The summed E-state index contributed by atoms with van der Waals surface area (Å²) in [5.74, 6) is -0.664. The minimum atomic E-state index is -4.66. The van der Waals surface area contributed by atoms with Crippen molar-refractivity contribution in [2.75, 3.05) is 10.0 Å². The summed E-state index contributed by atoms with van der Waals surface area (Å²) in [6.45, 7) is 0. The van der Waals surface area contributed by atoms with Gasteiger partial charge in [-0.2, -0.15) is 13.2 Å². The summed E-state index contributed by atoms with van der Waals surface area (Å²) in [6, 6.07) is 16.2.